The van der Waals surface area contributed by atoms with Crippen LogP contribution in [0.15, 0.2) is 18.2 Å². The first kappa shape index (κ1) is 6.22. The Kier molecular flexibility index (Phi) is 1.12. The summed E-state index contributed by atoms with van der Waals surface area (Å²) in [6.45, 7) is 0. The van der Waals surface area contributed by atoms with Gasteiger partial charge in [0, 0.05) is 0 Å². The van der Waals surface area contributed by atoms with E-state index >= 15 is 0 Å². The van der Waals surface area contributed by atoms with Crippen molar-refractivity contribution in [1.29, 1.82) is 0 Å². The van der Waals surface area contributed by atoms with E-state index in [9.17, 15) is 4.79 Å². The lowest BCUT2D eigenvalue weighted by atomic mass is 10.1. The lowest BCUT2D eigenvalue weighted by Gasteiger charge is -2.19. The van der Waals surface area contributed by atoms with Gasteiger partial charge in [-0.2, -0.15) is 0 Å². The molecular formula is C8H6O3. The minimum Gasteiger partial charge on any atom is -0.496 e. The zero-order valence-corrected chi connectivity index (χ0v) is 5.96. The lowest BCUT2D eigenvalue weighted by Crippen LogP contribution is -2.21. The zero-order valence-electron chi connectivity index (χ0n) is 5.96. The van der Waals surface area contributed by atoms with Crippen LogP contribution in [0.4, 0.5) is 0 Å². The van der Waals surface area contributed by atoms with E-state index in [2.05, 4.69) is 0 Å². The van der Waals surface area contributed by atoms with Gasteiger partial charge in [0.05, 0.1) is 7.11 Å². The number of hydrogen-bond donors (Lipinski definition) is 0. The standard InChI is InChI=1S/C8H6O3/c1-10-5-3-2-4-6-7(5)8(9)11-6/h2-4H,1H3. The Morgan fingerprint density at radius 1 is 1.45 bits per heavy atom. The molecule has 0 saturated carbocycles. The summed E-state index contributed by atoms with van der Waals surface area (Å²) in [4.78, 5) is 10.8. The molecular weight excluding hydrogens is 144 g/mol. The molecule has 0 saturated heterocycles. The number of hydrogen-bond acceptors (Lipinski definition) is 3. The summed E-state index contributed by atoms with van der Waals surface area (Å²) >= 11 is 0. The third-order valence-electron chi connectivity index (χ3n) is 1.61. The summed E-state index contributed by atoms with van der Waals surface area (Å²) in [6.07, 6.45) is 0. The molecule has 0 unspecified atom stereocenters. The highest BCUT2D eigenvalue weighted by atomic mass is 16.6. The molecule has 1 aliphatic heterocycles. The first-order valence-electron chi connectivity index (χ1n) is 3.22. The second kappa shape index (κ2) is 1.99. The van der Waals surface area contributed by atoms with Gasteiger partial charge < -0.3 is 9.47 Å². The molecule has 11 heavy (non-hydrogen) atoms. The van der Waals surface area contributed by atoms with Gasteiger partial charge in [-0.1, -0.05) is 6.07 Å². The van der Waals surface area contributed by atoms with Crippen LogP contribution in [0.25, 0.3) is 0 Å². The van der Waals surface area contributed by atoms with E-state index in [1.807, 2.05) is 0 Å². The summed E-state index contributed by atoms with van der Waals surface area (Å²) in [5, 5.41) is 0. The van der Waals surface area contributed by atoms with Gasteiger partial charge >= 0.3 is 5.97 Å². The van der Waals surface area contributed by atoms with Gasteiger partial charge in [-0.25, -0.2) is 4.79 Å². The van der Waals surface area contributed by atoms with Crippen molar-refractivity contribution < 1.29 is 14.3 Å². The maximum absolute atomic E-state index is 10.8. The normalized spacial score (nSPS) is 13.0. The molecule has 1 aromatic rings. The van der Waals surface area contributed by atoms with Gasteiger partial charge in [-0.15, -0.1) is 0 Å². The Morgan fingerprint density at radius 3 is 2.82 bits per heavy atom. The fourth-order valence-corrected chi connectivity index (χ4v) is 1.07. The Hall–Kier alpha value is -1.51. The van der Waals surface area contributed by atoms with Crippen LogP contribution in [-0.4, -0.2) is 13.1 Å². The maximum atomic E-state index is 10.8. The van der Waals surface area contributed by atoms with Crippen molar-refractivity contribution in [3.63, 3.8) is 0 Å². The highest BCUT2D eigenvalue weighted by molar-refractivity contribution is 6.03. The summed E-state index contributed by atoms with van der Waals surface area (Å²) in [7, 11) is 1.53. The molecule has 1 aliphatic rings. The average molecular weight is 150 g/mol. The van der Waals surface area contributed by atoms with Crippen molar-refractivity contribution in [3.8, 4) is 11.5 Å². The molecule has 0 bridgehead atoms. The summed E-state index contributed by atoms with van der Waals surface area (Å²) < 4.78 is 9.65. The number of carbonyl (C=O) groups is 1. The molecule has 1 heterocycles. The molecule has 0 amide bonds. The van der Waals surface area contributed by atoms with Crippen LogP contribution in [0.5, 0.6) is 11.5 Å². The number of methoxy groups -OCH3 is 1. The molecule has 3 heteroatoms. The van der Waals surface area contributed by atoms with E-state index in [0.717, 1.165) is 0 Å². The van der Waals surface area contributed by atoms with Crippen molar-refractivity contribution in [2.75, 3.05) is 7.11 Å². The van der Waals surface area contributed by atoms with Crippen molar-refractivity contribution in [2.24, 2.45) is 0 Å². The van der Waals surface area contributed by atoms with E-state index in [0.29, 0.717) is 17.1 Å². The number of benzene rings is 1. The van der Waals surface area contributed by atoms with Gasteiger partial charge in [0.2, 0.25) is 0 Å². The van der Waals surface area contributed by atoms with Crippen molar-refractivity contribution >= 4 is 5.97 Å². The van der Waals surface area contributed by atoms with Crippen LogP contribution in [0.1, 0.15) is 10.4 Å². The van der Waals surface area contributed by atoms with Crippen LogP contribution in [0, 0.1) is 0 Å². The minimum absolute atomic E-state index is 0.308. The molecule has 0 aliphatic carbocycles. The van der Waals surface area contributed by atoms with Gasteiger partial charge in [0.1, 0.15) is 17.1 Å². The third kappa shape index (κ3) is 0.707. The van der Waals surface area contributed by atoms with E-state index in [4.69, 9.17) is 9.47 Å². The van der Waals surface area contributed by atoms with E-state index in [1.165, 1.54) is 7.11 Å². The number of rotatable bonds is 1. The minimum atomic E-state index is -0.308. The monoisotopic (exact) mass is 150 g/mol. The van der Waals surface area contributed by atoms with E-state index in [-0.39, 0.29) is 5.97 Å². The first-order valence-corrected chi connectivity index (χ1v) is 3.22. The average Bonchev–Trinajstić information content (AvgIpc) is 2.01. The Labute approximate surface area is 63.5 Å². The van der Waals surface area contributed by atoms with Crippen molar-refractivity contribution in [2.45, 2.75) is 0 Å². The van der Waals surface area contributed by atoms with Crippen LogP contribution in [0.2, 0.25) is 0 Å². The van der Waals surface area contributed by atoms with Crippen LogP contribution >= 0.6 is 0 Å². The molecule has 0 aromatic heterocycles. The number of esters is 1. The maximum Gasteiger partial charge on any atom is 0.351 e. The van der Waals surface area contributed by atoms with Crippen molar-refractivity contribution in [1.82, 2.24) is 0 Å². The summed E-state index contributed by atoms with van der Waals surface area (Å²) in [6, 6.07) is 5.25. The summed E-state index contributed by atoms with van der Waals surface area (Å²) in [5.74, 6) is 0.880. The second-order valence-corrected chi connectivity index (χ2v) is 2.22. The number of fused-ring (bicyclic) bond motifs is 1. The lowest BCUT2D eigenvalue weighted by molar-refractivity contribution is 0.0652. The van der Waals surface area contributed by atoms with E-state index in [1.54, 1.807) is 18.2 Å². The predicted molar refractivity (Wildman–Crippen MR) is 38.0 cm³/mol. The quantitative estimate of drug-likeness (QED) is 0.565. The van der Waals surface area contributed by atoms with Crippen molar-refractivity contribution in [3.05, 3.63) is 23.8 Å². The Morgan fingerprint density at radius 2 is 2.27 bits per heavy atom. The first-order chi connectivity index (χ1) is 5.33. The largest absolute Gasteiger partial charge is 0.496 e. The molecule has 3 nitrogen and oxygen atoms in total. The fraction of sp³-hybridized carbons (Fsp3) is 0.125. The van der Waals surface area contributed by atoms with Gasteiger partial charge in [-0.3, -0.25) is 0 Å². The number of ether oxygens (including phenoxy) is 2. The smallest absolute Gasteiger partial charge is 0.351 e. The molecule has 56 valence electrons. The Bertz CT molecular complexity index is 317. The topological polar surface area (TPSA) is 35.5 Å². The van der Waals surface area contributed by atoms with Gasteiger partial charge in [-0.05, 0) is 12.1 Å². The number of carbonyl (C=O) groups excluding carboxylic acids is 1. The van der Waals surface area contributed by atoms with Gasteiger partial charge in [0.15, 0.2) is 0 Å². The van der Waals surface area contributed by atoms with Crippen LogP contribution in [0.3, 0.4) is 0 Å². The SMILES string of the molecule is COc1cccc2c1C(=O)O2. The van der Waals surface area contributed by atoms with Gasteiger partial charge in [0.25, 0.3) is 0 Å². The van der Waals surface area contributed by atoms with E-state index < -0.39 is 0 Å². The molecule has 0 fully saturated rings. The molecule has 0 atom stereocenters. The third-order valence-corrected chi connectivity index (χ3v) is 1.61. The predicted octanol–water partition coefficient (Wildman–Crippen LogP) is 1.23. The molecule has 0 N–H and O–H groups in total. The zero-order chi connectivity index (χ0) is 7.84. The molecule has 0 radical (unpaired) electrons. The highest BCUT2D eigenvalue weighted by Gasteiger charge is 2.29. The highest BCUT2D eigenvalue weighted by Crippen LogP contribution is 2.35. The molecule has 0 spiro atoms. The Balaban J connectivity index is 2.58. The molecule has 2 rings (SSSR count). The fourth-order valence-electron chi connectivity index (χ4n) is 1.07. The van der Waals surface area contributed by atoms with Crippen LogP contribution < -0.4 is 9.47 Å². The van der Waals surface area contributed by atoms with Crippen LogP contribution in [-0.2, 0) is 0 Å². The molecule has 1 aromatic carbocycles. The summed E-state index contributed by atoms with van der Waals surface area (Å²) in [5.41, 5.74) is 0.551. The second-order valence-electron chi connectivity index (χ2n) is 2.22.